The fraction of sp³-hybridized carbons (Fsp3) is 0.696. The summed E-state index contributed by atoms with van der Waals surface area (Å²) in [6, 6.07) is 5.91. The van der Waals surface area contributed by atoms with E-state index >= 15 is 0 Å². The highest BCUT2D eigenvalue weighted by Gasteiger charge is 2.38. The van der Waals surface area contributed by atoms with Gasteiger partial charge in [-0.2, -0.15) is 0 Å². The molecule has 1 saturated heterocycles. The number of guanidine groups is 1. The zero-order valence-corrected chi connectivity index (χ0v) is 21.6. The summed E-state index contributed by atoms with van der Waals surface area (Å²) in [5.41, 5.74) is 1.21. The van der Waals surface area contributed by atoms with Gasteiger partial charge in [-0.15, -0.1) is 24.0 Å². The molecule has 0 bridgehead atoms. The Bertz CT molecular complexity index is 689. The van der Waals surface area contributed by atoms with Gasteiger partial charge in [-0.3, -0.25) is 4.90 Å². The summed E-state index contributed by atoms with van der Waals surface area (Å²) in [5.74, 6) is 2.33. The molecule has 1 aliphatic carbocycles. The topological polar surface area (TPSA) is 67.4 Å². The molecule has 8 heteroatoms. The molecule has 31 heavy (non-hydrogen) atoms. The molecule has 2 fully saturated rings. The summed E-state index contributed by atoms with van der Waals surface area (Å²) in [4.78, 5) is 7.49. The Labute approximate surface area is 204 Å². The number of nitrogens with zero attached hydrogens (tertiary/aromatic N) is 2. The minimum Gasteiger partial charge on any atom is -0.493 e. The van der Waals surface area contributed by atoms with Crippen LogP contribution < -0.4 is 20.1 Å². The first-order valence-corrected chi connectivity index (χ1v) is 11.3. The molecule has 0 unspecified atom stereocenters. The average molecular weight is 546 g/mol. The summed E-state index contributed by atoms with van der Waals surface area (Å²) in [6.07, 6.45) is 6.42. The third-order valence-corrected chi connectivity index (χ3v) is 6.29. The number of benzene rings is 1. The predicted molar refractivity (Wildman–Crippen MR) is 136 cm³/mol. The van der Waals surface area contributed by atoms with Crippen LogP contribution in [0.5, 0.6) is 11.5 Å². The van der Waals surface area contributed by atoms with Crippen LogP contribution in [0.15, 0.2) is 23.2 Å². The van der Waals surface area contributed by atoms with Crippen molar-refractivity contribution in [1.29, 1.82) is 0 Å². The quantitative estimate of drug-likeness (QED) is 0.296. The molecule has 1 aliphatic heterocycles. The number of methoxy groups -OCH3 is 2. The molecule has 1 aromatic carbocycles. The second-order valence-corrected chi connectivity index (χ2v) is 8.09. The van der Waals surface area contributed by atoms with Crippen LogP contribution in [0, 0.1) is 0 Å². The van der Waals surface area contributed by atoms with Crippen molar-refractivity contribution in [2.45, 2.75) is 51.1 Å². The van der Waals surface area contributed by atoms with E-state index in [0.29, 0.717) is 6.54 Å². The van der Waals surface area contributed by atoms with Crippen molar-refractivity contribution >= 4 is 29.9 Å². The van der Waals surface area contributed by atoms with Crippen molar-refractivity contribution in [2.24, 2.45) is 4.99 Å². The lowest BCUT2D eigenvalue weighted by molar-refractivity contribution is -0.0352. The number of morpholine rings is 1. The molecule has 2 aliphatic rings. The summed E-state index contributed by atoms with van der Waals surface area (Å²) >= 11 is 0. The number of aliphatic imine (C=N–C) groups is 1. The van der Waals surface area contributed by atoms with Crippen molar-refractivity contribution in [3.05, 3.63) is 23.8 Å². The Morgan fingerprint density at radius 3 is 2.48 bits per heavy atom. The maximum absolute atomic E-state index is 5.61. The van der Waals surface area contributed by atoms with E-state index < -0.39 is 0 Å². The Hall–Kier alpha value is -1.26. The van der Waals surface area contributed by atoms with Crippen molar-refractivity contribution < 1.29 is 14.2 Å². The van der Waals surface area contributed by atoms with Gasteiger partial charge in [0.2, 0.25) is 0 Å². The zero-order chi connectivity index (χ0) is 21.2. The number of para-hydroxylation sites is 1. The lowest BCUT2D eigenvalue weighted by atomic mass is 9.80. The first kappa shape index (κ1) is 26.0. The van der Waals surface area contributed by atoms with E-state index in [2.05, 4.69) is 22.5 Å². The van der Waals surface area contributed by atoms with Crippen molar-refractivity contribution in [2.75, 3.05) is 53.6 Å². The molecular formula is C23H39IN4O3. The molecule has 176 valence electrons. The highest BCUT2D eigenvalue weighted by molar-refractivity contribution is 14.0. The lowest BCUT2D eigenvalue weighted by Crippen LogP contribution is -2.60. The van der Waals surface area contributed by atoms with Gasteiger partial charge >= 0.3 is 0 Å². The monoisotopic (exact) mass is 546 g/mol. The van der Waals surface area contributed by atoms with Gasteiger partial charge in [0, 0.05) is 37.3 Å². The average Bonchev–Trinajstić information content (AvgIpc) is 2.81. The molecule has 0 spiro atoms. The molecular weight excluding hydrogens is 507 g/mol. The van der Waals surface area contributed by atoms with E-state index in [1.54, 1.807) is 14.2 Å². The number of rotatable bonds is 8. The summed E-state index contributed by atoms with van der Waals surface area (Å²) < 4.78 is 16.6. The number of hydrogen-bond acceptors (Lipinski definition) is 5. The van der Waals surface area contributed by atoms with E-state index in [1.807, 2.05) is 18.2 Å². The molecule has 1 aromatic rings. The standard InChI is InChI=1S/C23H38N4O3.HI/c1-4-24-22(25-17-19-9-8-10-20(28-2)21(19)29-3)26-18-23(11-6-5-7-12-23)27-13-15-30-16-14-27;/h8-10H,4-7,11-18H2,1-3H3,(H2,24,25,26);1H. The second kappa shape index (κ2) is 13.3. The fourth-order valence-corrected chi connectivity index (χ4v) is 4.68. The first-order chi connectivity index (χ1) is 14.7. The van der Waals surface area contributed by atoms with Crippen LogP contribution in [0.1, 0.15) is 44.6 Å². The molecule has 7 nitrogen and oxygen atoms in total. The van der Waals surface area contributed by atoms with Gasteiger partial charge in [0.15, 0.2) is 17.5 Å². The van der Waals surface area contributed by atoms with Gasteiger partial charge in [0.1, 0.15) is 0 Å². The van der Waals surface area contributed by atoms with Gasteiger partial charge in [-0.1, -0.05) is 31.4 Å². The SMILES string of the molecule is CCNC(=NCc1cccc(OC)c1OC)NCC1(N2CCOCC2)CCCCC1.I. The molecule has 0 atom stereocenters. The van der Waals surface area contributed by atoms with Crippen LogP contribution in [0.2, 0.25) is 0 Å². The second-order valence-electron chi connectivity index (χ2n) is 8.09. The van der Waals surface area contributed by atoms with Crippen molar-refractivity contribution in [1.82, 2.24) is 15.5 Å². The Balaban J connectivity index is 0.00000341. The Kier molecular flexibility index (Phi) is 11.2. The number of hydrogen-bond donors (Lipinski definition) is 2. The van der Waals surface area contributed by atoms with E-state index in [1.165, 1.54) is 32.1 Å². The maximum Gasteiger partial charge on any atom is 0.191 e. The molecule has 0 aromatic heterocycles. The van der Waals surface area contributed by atoms with Crippen LogP contribution in [-0.2, 0) is 11.3 Å². The van der Waals surface area contributed by atoms with Gasteiger partial charge in [0.25, 0.3) is 0 Å². The van der Waals surface area contributed by atoms with Crippen LogP contribution in [0.25, 0.3) is 0 Å². The lowest BCUT2D eigenvalue weighted by Gasteiger charge is -2.48. The largest absolute Gasteiger partial charge is 0.493 e. The summed E-state index contributed by atoms with van der Waals surface area (Å²) in [7, 11) is 3.33. The molecule has 2 N–H and O–H groups in total. The van der Waals surface area contributed by atoms with Crippen LogP contribution >= 0.6 is 24.0 Å². The molecule has 3 rings (SSSR count). The van der Waals surface area contributed by atoms with Gasteiger partial charge in [-0.05, 0) is 25.8 Å². The Morgan fingerprint density at radius 1 is 1.10 bits per heavy atom. The van der Waals surface area contributed by atoms with Gasteiger partial charge in [-0.25, -0.2) is 4.99 Å². The van der Waals surface area contributed by atoms with E-state index in [0.717, 1.165) is 62.4 Å². The minimum atomic E-state index is 0. The molecule has 1 saturated carbocycles. The third-order valence-electron chi connectivity index (χ3n) is 6.29. The highest BCUT2D eigenvalue weighted by atomic mass is 127. The van der Waals surface area contributed by atoms with E-state index in [-0.39, 0.29) is 29.5 Å². The third kappa shape index (κ3) is 6.86. The van der Waals surface area contributed by atoms with E-state index in [9.17, 15) is 0 Å². The number of ether oxygens (including phenoxy) is 3. The van der Waals surface area contributed by atoms with Crippen LogP contribution in [-0.4, -0.2) is 70.0 Å². The molecule has 0 radical (unpaired) electrons. The smallest absolute Gasteiger partial charge is 0.191 e. The number of halogens is 1. The Morgan fingerprint density at radius 2 is 1.84 bits per heavy atom. The predicted octanol–water partition coefficient (Wildman–Crippen LogP) is 3.41. The van der Waals surface area contributed by atoms with Gasteiger partial charge < -0.3 is 24.8 Å². The minimum absolute atomic E-state index is 0. The van der Waals surface area contributed by atoms with E-state index in [4.69, 9.17) is 19.2 Å². The summed E-state index contributed by atoms with van der Waals surface area (Å²) in [5, 5.41) is 7.05. The van der Waals surface area contributed by atoms with Crippen molar-refractivity contribution in [3.63, 3.8) is 0 Å². The number of nitrogens with one attached hydrogen (secondary N) is 2. The zero-order valence-electron chi connectivity index (χ0n) is 19.2. The maximum atomic E-state index is 5.61. The highest BCUT2D eigenvalue weighted by Crippen LogP contribution is 2.34. The summed E-state index contributed by atoms with van der Waals surface area (Å²) in [6.45, 7) is 8.09. The first-order valence-electron chi connectivity index (χ1n) is 11.3. The van der Waals surface area contributed by atoms with Crippen LogP contribution in [0.4, 0.5) is 0 Å². The molecule has 1 heterocycles. The van der Waals surface area contributed by atoms with Gasteiger partial charge in [0.05, 0.1) is 34.0 Å². The molecule has 0 amide bonds. The van der Waals surface area contributed by atoms with Crippen LogP contribution in [0.3, 0.4) is 0 Å². The van der Waals surface area contributed by atoms with Crippen molar-refractivity contribution in [3.8, 4) is 11.5 Å². The fourth-order valence-electron chi connectivity index (χ4n) is 4.68. The normalized spacial score (nSPS) is 19.3.